The number of nitrogens with two attached hydrogens (primary N) is 1. The van der Waals surface area contributed by atoms with Crippen molar-refractivity contribution in [2.24, 2.45) is 11.7 Å². The highest BCUT2D eigenvalue weighted by molar-refractivity contribution is 7.16. The van der Waals surface area contributed by atoms with Crippen LogP contribution in [0.4, 0.5) is 5.13 Å². The Morgan fingerprint density at radius 2 is 2.04 bits per heavy atom. The molecule has 1 amide bonds. The van der Waals surface area contributed by atoms with E-state index < -0.39 is 6.04 Å². The first-order chi connectivity index (χ1) is 12.6. The molecule has 5 nitrogen and oxygen atoms in total. The second-order valence-electron chi connectivity index (χ2n) is 7.23. The van der Waals surface area contributed by atoms with Crippen LogP contribution in [0.5, 0.6) is 0 Å². The summed E-state index contributed by atoms with van der Waals surface area (Å²) in [6.07, 6.45) is 5.24. The van der Waals surface area contributed by atoms with Crippen LogP contribution in [0.3, 0.4) is 0 Å². The van der Waals surface area contributed by atoms with E-state index in [-0.39, 0.29) is 24.2 Å². The Balaban J connectivity index is 0.00000210. The molecule has 3 N–H and O–H groups in total. The third-order valence-electron chi connectivity index (χ3n) is 5.48. The van der Waals surface area contributed by atoms with Crippen LogP contribution in [0, 0.1) is 12.8 Å². The minimum absolute atomic E-state index is 0. The van der Waals surface area contributed by atoms with E-state index in [4.69, 9.17) is 10.5 Å². The maximum Gasteiger partial charge on any atom is 0.243 e. The highest BCUT2D eigenvalue weighted by atomic mass is 35.5. The van der Waals surface area contributed by atoms with Gasteiger partial charge in [-0.15, -0.1) is 23.7 Å². The molecule has 1 aromatic carbocycles. The Morgan fingerprint density at radius 3 is 2.81 bits per heavy atom. The number of carbonyl (C=O) groups is 1. The normalized spacial score (nSPS) is 17.9. The first-order valence-corrected chi connectivity index (χ1v) is 10.2. The summed E-state index contributed by atoms with van der Waals surface area (Å²) in [7, 11) is 0. The van der Waals surface area contributed by atoms with E-state index in [1.165, 1.54) is 35.3 Å². The maximum absolute atomic E-state index is 12.5. The number of carbonyl (C=O) groups excluding carboxylic acids is 1. The van der Waals surface area contributed by atoms with Gasteiger partial charge >= 0.3 is 0 Å². The molecular formula is C20H26ClN3O2S. The fraction of sp³-hybridized carbons (Fsp3) is 0.500. The topological polar surface area (TPSA) is 77.2 Å². The van der Waals surface area contributed by atoms with Gasteiger partial charge < -0.3 is 15.8 Å². The van der Waals surface area contributed by atoms with E-state index in [1.54, 1.807) is 0 Å². The summed E-state index contributed by atoms with van der Waals surface area (Å²) in [5, 5.41) is 3.56. The number of nitrogens with one attached hydrogen (secondary N) is 1. The zero-order chi connectivity index (χ0) is 18.1. The average Bonchev–Trinajstić information content (AvgIpc) is 3.27. The van der Waals surface area contributed by atoms with Crippen molar-refractivity contribution < 1.29 is 9.53 Å². The summed E-state index contributed by atoms with van der Waals surface area (Å²) in [4.78, 5) is 18.3. The second-order valence-corrected chi connectivity index (χ2v) is 8.43. The van der Waals surface area contributed by atoms with Crippen LogP contribution >= 0.6 is 23.7 Å². The SMILES string of the molecule is Cc1sc(NC(=O)C(N)C2CCOCC2)nc1-c1ccc2c(c1)CCC2.Cl. The Labute approximate surface area is 170 Å². The number of amides is 1. The minimum Gasteiger partial charge on any atom is -0.381 e. The third-order valence-corrected chi connectivity index (χ3v) is 6.36. The molecule has 0 saturated carbocycles. The van der Waals surface area contributed by atoms with Gasteiger partial charge in [0.05, 0.1) is 11.7 Å². The number of aromatic nitrogens is 1. The molecule has 27 heavy (non-hydrogen) atoms. The number of rotatable bonds is 4. The average molecular weight is 408 g/mol. The summed E-state index contributed by atoms with van der Waals surface area (Å²) in [6, 6.07) is 6.11. The van der Waals surface area contributed by atoms with Gasteiger partial charge in [0.15, 0.2) is 5.13 Å². The lowest BCUT2D eigenvalue weighted by Gasteiger charge is -2.26. The zero-order valence-corrected chi connectivity index (χ0v) is 17.1. The standard InChI is InChI=1S/C20H25N3O2S.ClH/c1-12-18(16-6-5-13-3-2-4-15(13)11-16)22-20(26-12)23-19(24)17(21)14-7-9-25-10-8-14;/h5-6,11,14,17H,2-4,7-10,21H2,1H3,(H,22,23,24);1H. The summed E-state index contributed by atoms with van der Waals surface area (Å²) in [5.74, 6) is 0.0344. The minimum atomic E-state index is -0.508. The van der Waals surface area contributed by atoms with Crippen LogP contribution in [0.2, 0.25) is 0 Å². The maximum atomic E-state index is 12.5. The van der Waals surface area contributed by atoms with Crippen LogP contribution < -0.4 is 11.1 Å². The van der Waals surface area contributed by atoms with Gasteiger partial charge in [-0.3, -0.25) is 4.79 Å². The fourth-order valence-electron chi connectivity index (χ4n) is 3.91. The lowest BCUT2D eigenvalue weighted by molar-refractivity contribution is -0.119. The molecule has 0 spiro atoms. The number of hydrogen-bond acceptors (Lipinski definition) is 5. The lowest BCUT2D eigenvalue weighted by Crippen LogP contribution is -2.43. The van der Waals surface area contributed by atoms with Crippen molar-refractivity contribution >= 4 is 34.8 Å². The van der Waals surface area contributed by atoms with Crippen molar-refractivity contribution in [2.45, 2.75) is 45.1 Å². The fourth-order valence-corrected chi connectivity index (χ4v) is 4.75. The molecule has 1 fully saturated rings. The van der Waals surface area contributed by atoms with Crippen molar-refractivity contribution in [1.29, 1.82) is 0 Å². The zero-order valence-electron chi connectivity index (χ0n) is 15.5. The molecule has 1 aromatic heterocycles. The highest BCUT2D eigenvalue weighted by Gasteiger charge is 2.27. The van der Waals surface area contributed by atoms with E-state index in [1.807, 2.05) is 6.92 Å². The van der Waals surface area contributed by atoms with Crippen molar-refractivity contribution in [3.8, 4) is 11.3 Å². The highest BCUT2D eigenvalue weighted by Crippen LogP contribution is 2.33. The lowest BCUT2D eigenvalue weighted by atomic mass is 9.92. The molecule has 0 bridgehead atoms. The van der Waals surface area contributed by atoms with Crippen LogP contribution in [-0.4, -0.2) is 30.1 Å². The number of halogens is 1. The third kappa shape index (κ3) is 4.35. The second kappa shape index (κ2) is 8.69. The number of aryl methyl sites for hydroxylation is 3. The molecule has 2 heterocycles. The van der Waals surface area contributed by atoms with Crippen LogP contribution in [-0.2, 0) is 22.4 Å². The van der Waals surface area contributed by atoms with Crippen LogP contribution in [0.1, 0.15) is 35.3 Å². The quantitative estimate of drug-likeness (QED) is 0.809. The first kappa shape index (κ1) is 20.3. The van der Waals surface area contributed by atoms with Gasteiger partial charge in [0.2, 0.25) is 5.91 Å². The number of nitrogens with zero attached hydrogens (tertiary/aromatic N) is 1. The molecule has 2 aliphatic rings. The van der Waals surface area contributed by atoms with Crippen molar-refractivity contribution in [2.75, 3.05) is 18.5 Å². The monoisotopic (exact) mass is 407 g/mol. The molecule has 1 saturated heterocycles. The van der Waals surface area contributed by atoms with E-state index in [9.17, 15) is 4.79 Å². The molecule has 1 atom stereocenters. The number of hydrogen-bond donors (Lipinski definition) is 2. The largest absolute Gasteiger partial charge is 0.381 e. The van der Waals surface area contributed by atoms with Crippen LogP contribution in [0.15, 0.2) is 18.2 Å². The Kier molecular flexibility index (Phi) is 6.52. The summed E-state index contributed by atoms with van der Waals surface area (Å²) < 4.78 is 5.35. The van der Waals surface area contributed by atoms with Gasteiger partial charge in [0.25, 0.3) is 0 Å². The summed E-state index contributed by atoms with van der Waals surface area (Å²) >= 11 is 1.51. The van der Waals surface area contributed by atoms with Gasteiger partial charge in [-0.05, 0) is 62.1 Å². The smallest absolute Gasteiger partial charge is 0.243 e. The van der Waals surface area contributed by atoms with Gasteiger partial charge in [-0.1, -0.05) is 12.1 Å². The number of anilines is 1. The summed E-state index contributed by atoms with van der Waals surface area (Å²) in [5.41, 5.74) is 11.1. The van der Waals surface area contributed by atoms with Gasteiger partial charge in [-0.25, -0.2) is 4.98 Å². The molecule has 146 valence electrons. The molecular weight excluding hydrogens is 382 g/mol. The number of benzene rings is 1. The van der Waals surface area contributed by atoms with Crippen molar-refractivity contribution in [3.63, 3.8) is 0 Å². The predicted octanol–water partition coefficient (Wildman–Crippen LogP) is 3.72. The van der Waals surface area contributed by atoms with Gasteiger partial charge in [0, 0.05) is 23.7 Å². The molecule has 1 aliphatic heterocycles. The molecule has 7 heteroatoms. The Hall–Kier alpha value is -1.47. The first-order valence-electron chi connectivity index (χ1n) is 9.35. The van der Waals surface area contributed by atoms with E-state index >= 15 is 0 Å². The molecule has 2 aromatic rings. The van der Waals surface area contributed by atoms with E-state index in [0.29, 0.717) is 18.3 Å². The molecule has 1 aliphatic carbocycles. The predicted molar refractivity (Wildman–Crippen MR) is 112 cm³/mol. The van der Waals surface area contributed by atoms with Crippen LogP contribution in [0.25, 0.3) is 11.3 Å². The molecule has 1 unspecified atom stereocenters. The molecule has 4 rings (SSSR count). The Bertz CT molecular complexity index is 818. The number of fused-ring (bicyclic) bond motifs is 1. The number of thiazole rings is 1. The molecule has 0 radical (unpaired) electrons. The van der Waals surface area contributed by atoms with Gasteiger partial charge in [0.1, 0.15) is 0 Å². The van der Waals surface area contributed by atoms with E-state index in [0.717, 1.165) is 35.4 Å². The van der Waals surface area contributed by atoms with Gasteiger partial charge in [-0.2, -0.15) is 0 Å². The van der Waals surface area contributed by atoms with Crippen molar-refractivity contribution in [1.82, 2.24) is 4.98 Å². The Morgan fingerprint density at radius 1 is 1.30 bits per heavy atom. The van der Waals surface area contributed by atoms with Crippen molar-refractivity contribution in [3.05, 3.63) is 34.2 Å². The summed E-state index contributed by atoms with van der Waals surface area (Å²) in [6.45, 7) is 3.42. The van der Waals surface area contributed by atoms with E-state index in [2.05, 4.69) is 28.5 Å². The number of ether oxygens (including phenoxy) is 1.